The van der Waals surface area contributed by atoms with Crippen LogP contribution in [0.1, 0.15) is 45.4 Å². The van der Waals surface area contributed by atoms with Crippen LogP contribution < -0.4 is 10.1 Å². The molecule has 0 spiro atoms. The van der Waals surface area contributed by atoms with Crippen molar-refractivity contribution in [2.24, 2.45) is 0 Å². The average molecular weight is 264 g/mol. The molecule has 1 N–H and O–H groups in total. The first-order valence-electron chi connectivity index (χ1n) is 7.44. The van der Waals surface area contributed by atoms with Gasteiger partial charge in [-0.1, -0.05) is 31.9 Å². The van der Waals surface area contributed by atoms with E-state index in [0.717, 1.165) is 25.9 Å². The summed E-state index contributed by atoms with van der Waals surface area (Å²) in [6.45, 7) is 5.07. The molecule has 3 nitrogen and oxygen atoms in total. The highest BCUT2D eigenvalue weighted by molar-refractivity contribution is 5.37. The fourth-order valence-corrected chi connectivity index (χ4v) is 1.91. The highest BCUT2D eigenvalue weighted by Crippen LogP contribution is 2.25. The predicted molar refractivity (Wildman–Crippen MR) is 78.3 cm³/mol. The molecule has 0 unspecified atom stereocenters. The lowest BCUT2D eigenvalue weighted by atomic mass is 10.2. The molecule has 0 aliphatic carbocycles. The van der Waals surface area contributed by atoms with Gasteiger partial charge in [0.05, 0.1) is 6.61 Å². The highest BCUT2D eigenvalue weighted by atomic mass is 16.5. The number of unbranched alkanes of at least 4 members (excludes halogenated alkanes) is 4. The van der Waals surface area contributed by atoms with Crippen LogP contribution >= 0.6 is 0 Å². The zero-order chi connectivity index (χ0) is 13.8. The van der Waals surface area contributed by atoms with Crippen molar-refractivity contribution < 1.29 is 9.84 Å². The minimum absolute atomic E-state index is 0.0277. The van der Waals surface area contributed by atoms with E-state index in [4.69, 9.17) is 4.74 Å². The summed E-state index contributed by atoms with van der Waals surface area (Å²) in [6.07, 6.45) is 7.19. The monoisotopic (exact) mass is 264 g/mol. The maximum Gasteiger partial charge on any atom is 0.220 e. The maximum atomic E-state index is 11.4. The van der Waals surface area contributed by atoms with Gasteiger partial charge in [-0.25, -0.2) is 0 Å². The Morgan fingerprint density at radius 3 is 2.47 bits per heavy atom. The molecule has 0 amide bonds. The van der Waals surface area contributed by atoms with Gasteiger partial charge in [0, 0.05) is 0 Å². The van der Waals surface area contributed by atoms with Gasteiger partial charge in [0.15, 0.2) is 5.75 Å². The third kappa shape index (κ3) is 7.73. The Morgan fingerprint density at radius 1 is 1.00 bits per heavy atom. The summed E-state index contributed by atoms with van der Waals surface area (Å²) in [5, 5.41) is 14.8. The molecule has 0 aliphatic rings. The topological polar surface area (TPSA) is 41.2 Å². The molecule has 0 bridgehead atoms. The van der Waals surface area contributed by atoms with Gasteiger partial charge in [-0.3, -0.25) is 5.11 Å². The van der Waals surface area contributed by atoms with Crippen molar-refractivity contribution in [1.29, 1.82) is 0 Å². The molecule has 0 aromatic heterocycles. The number of hydrogen-bond donors (Lipinski definition) is 1. The minimum atomic E-state index is -0.0277. The van der Waals surface area contributed by atoms with Gasteiger partial charge < -0.3 is 10.1 Å². The van der Waals surface area contributed by atoms with E-state index in [9.17, 15) is 5.11 Å². The van der Waals surface area contributed by atoms with E-state index in [2.05, 4.69) is 12.2 Å². The summed E-state index contributed by atoms with van der Waals surface area (Å²) in [6, 6.07) is 6.84. The summed E-state index contributed by atoms with van der Waals surface area (Å²) >= 11 is 0. The standard InChI is InChI=1S/C16H26NO2/c1-2-3-7-12-17-13-8-4-9-14-19-16-11-6-5-10-15(16)18/h5-6,10-11,17H,2-4,7-9,12-14H2,1H3. The third-order valence-electron chi connectivity index (χ3n) is 3.06. The Balaban J connectivity index is 1.90. The van der Waals surface area contributed by atoms with Gasteiger partial charge in [-0.2, -0.15) is 0 Å². The molecule has 19 heavy (non-hydrogen) atoms. The number of benzene rings is 1. The van der Waals surface area contributed by atoms with Gasteiger partial charge in [0.1, 0.15) is 0 Å². The van der Waals surface area contributed by atoms with E-state index in [-0.39, 0.29) is 5.75 Å². The van der Waals surface area contributed by atoms with Gasteiger partial charge in [-0.05, 0) is 50.9 Å². The summed E-state index contributed by atoms with van der Waals surface area (Å²) in [5.74, 6) is 0.445. The molecule has 1 aromatic rings. The van der Waals surface area contributed by atoms with Crippen LogP contribution in [-0.4, -0.2) is 19.7 Å². The Labute approximate surface area is 117 Å². The second kappa shape index (κ2) is 10.7. The Bertz CT molecular complexity index is 328. The summed E-state index contributed by atoms with van der Waals surface area (Å²) in [4.78, 5) is 0. The molecule has 107 valence electrons. The van der Waals surface area contributed by atoms with Gasteiger partial charge in [0.2, 0.25) is 5.75 Å². The fourth-order valence-electron chi connectivity index (χ4n) is 1.91. The largest absolute Gasteiger partial charge is 0.489 e. The first kappa shape index (κ1) is 15.8. The van der Waals surface area contributed by atoms with Crippen molar-refractivity contribution in [3.8, 4) is 11.5 Å². The first-order valence-corrected chi connectivity index (χ1v) is 7.44. The molecule has 0 saturated heterocycles. The second-order valence-electron chi connectivity index (χ2n) is 4.81. The lowest BCUT2D eigenvalue weighted by Gasteiger charge is -2.07. The van der Waals surface area contributed by atoms with E-state index in [1.165, 1.54) is 31.7 Å². The Kier molecular flexibility index (Phi) is 8.90. The molecule has 0 fully saturated rings. The van der Waals surface area contributed by atoms with E-state index >= 15 is 0 Å². The molecule has 0 atom stereocenters. The van der Waals surface area contributed by atoms with E-state index in [1.807, 2.05) is 6.07 Å². The van der Waals surface area contributed by atoms with Crippen LogP contribution in [0.2, 0.25) is 0 Å². The molecule has 3 heteroatoms. The Morgan fingerprint density at radius 2 is 1.74 bits per heavy atom. The summed E-state index contributed by atoms with van der Waals surface area (Å²) in [5.41, 5.74) is 0. The number of ether oxygens (including phenoxy) is 1. The number of nitrogens with one attached hydrogen (secondary N) is 1. The molecule has 1 radical (unpaired) electrons. The van der Waals surface area contributed by atoms with E-state index in [1.54, 1.807) is 12.1 Å². The van der Waals surface area contributed by atoms with Crippen LogP contribution in [0, 0.1) is 0 Å². The van der Waals surface area contributed by atoms with Gasteiger partial charge in [0.25, 0.3) is 0 Å². The SMILES string of the molecule is CCCCCNCCCCCOc1ccccc1[O]. The van der Waals surface area contributed by atoms with Crippen molar-refractivity contribution in [3.05, 3.63) is 24.3 Å². The predicted octanol–water partition coefficient (Wildman–Crippen LogP) is 4.16. The normalized spacial score (nSPS) is 10.6. The highest BCUT2D eigenvalue weighted by Gasteiger charge is 2.01. The molecule has 0 saturated carbocycles. The lowest BCUT2D eigenvalue weighted by molar-refractivity contribution is 0.269. The van der Waals surface area contributed by atoms with Crippen molar-refractivity contribution in [3.63, 3.8) is 0 Å². The summed E-state index contributed by atoms with van der Waals surface area (Å²) < 4.78 is 5.46. The quantitative estimate of drug-likeness (QED) is 0.610. The first-order chi connectivity index (χ1) is 9.34. The van der Waals surface area contributed by atoms with Gasteiger partial charge >= 0.3 is 0 Å². The molecular formula is C16H26NO2. The zero-order valence-electron chi connectivity index (χ0n) is 12.0. The zero-order valence-corrected chi connectivity index (χ0v) is 12.0. The fraction of sp³-hybridized carbons (Fsp3) is 0.625. The van der Waals surface area contributed by atoms with Crippen molar-refractivity contribution >= 4 is 0 Å². The number of hydrogen-bond acceptors (Lipinski definition) is 2. The second-order valence-corrected chi connectivity index (χ2v) is 4.81. The number of rotatable bonds is 11. The Hall–Kier alpha value is -1.22. The van der Waals surface area contributed by atoms with E-state index in [0.29, 0.717) is 12.4 Å². The van der Waals surface area contributed by atoms with Crippen LogP contribution in [0.3, 0.4) is 0 Å². The van der Waals surface area contributed by atoms with E-state index < -0.39 is 0 Å². The van der Waals surface area contributed by atoms with Crippen molar-refractivity contribution in [2.45, 2.75) is 45.4 Å². The minimum Gasteiger partial charge on any atom is -0.489 e. The molecule has 1 aromatic carbocycles. The van der Waals surface area contributed by atoms with Crippen LogP contribution in [0.15, 0.2) is 24.3 Å². The van der Waals surface area contributed by atoms with Crippen LogP contribution in [0.5, 0.6) is 11.5 Å². The third-order valence-corrected chi connectivity index (χ3v) is 3.06. The van der Waals surface area contributed by atoms with Gasteiger partial charge in [-0.15, -0.1) is 0 Å². The summed E-state index contributed by atoms with van der Waals surface area (Å²) in [7, 11) is 0. The maximum absolute atomic E-state index is 11.4. The average Bonchev–Trinajstić information content (AvgIpc) is 2.43. The lowest BCUT2D eigenvalue weighted by Crippen LogP contribution is -2.16. The van der Waals surface area contributed by atoms with Crippen LogP contribution in [0.4, 0.5) is 0 Å². The molecular weight excluding hydrogens is 238 g/mol. The number of para-hydroxylation sites is 2. The molecule has 0 aliphatic heterocycles. The smallest absolute Gasteiger partial charge is 0.220 e. The van der Waals surface area contributed by atoms with Crippen LogP contribution in [0.25, 0.3) is 0 Å². The molecule has 1 rings (SSSR count). The van der Waals surface area contributed by atoms with Crippen molar-refractivity contribution in [2.75, 3.05) is 19.7 Å². The van der Waals surface area contributed by atoms with Crippen LogP contribution in [-0.2, 0) is 5.11 Å². The van der Waals surface area contributed by atoms with Crippen molar-refractivity contribution in [1.82, 2.24) is 5.32 Å². The molecule has 0 heterocycles.